The van der Waals surface area contributed by atoms with E-state index in [1.807, 2.05) is 16.7 Å². The second-order valence-electron chi connectivity index (χ2n) is 4.79. The summed E-state index contributed by atoms with van der Waals surface area (Å²) in [5.41, 5.74) is -0.427. The molecule has 2 rings (SSSR count). The Kier molecular flexibility index (Phi) is 4.12. The van der Waals surface area contributed by atoms with Crippen LogP contribution in [-0.2, 0) is 0 Å². The highest BCUT2D eigenvalue weighted by molar-refractivity contribution is 8.00. The minimum Gasteiger partial charge on any atom is -0.478 e. The van der Waals surface area contributed by atoms with Crippen molar-refractivity contribution >= 4 is 29.2 Å². The molecule has 1 aliphatic heterocycles. The smallest absolute Gasteiger partial charge is 0.337 e. The summed E-state index contributed by atoms with van der Waals surface area (Å²) in [6.07, 6.45) is 1.17. The average Bonchev–Trinajstić information content (AvgIpc) is 2.36. The lowest BCUT2D eigenvalue weighted by Crippen LogP contribution is -2.41. The van der Waals surface area contributed by atoms with Crippen LogP contribution in [0.15, 0.2) is 12.3 Å². The van der Waals surface area contributed by atoms with E-state index in [1.165, 1.54) is 6.20 Å². The van der Waals surface area contributed by atoms with E-state index in [0.29, 0.717) is 23.6 Å². The third-order valence-electron chi connectivity index (χ3n) is 3.01. The third-order valence-corrected chi connectivity index (χ3v) is 4.24. The van der Waals surface area contributed by atoms with Crippen molar-refractivity contribution in [2.24, 2.45) is 0 Å². The molecule has 0 radical (unpaired) electrons. The largest absolute Gasteiger partial charge is 0.478 e. The van der Waals surface area contributed by atoms with E-state index in [-0.39, 0.29) is 17.1 Å². The number of carboxylic acid groups (broad SMARTS) is 1. The SMILES string of the molecule is CC1CN(c2ncc(C(=O)O)cc2[N+](=O)[O-])CC(C)S1. The third kappa shape index (κ3) is 3.01. The van der Waals surface area contributed by atoms with Crippen LogP contribution in [0.5, 0.6) is 0 Å². The minimum absolute atomic E-state index is 0.173. The Morgan fingerprint density at radius 1 is 1.50 bits per heavy atom. The lowest BCUT2D eigenvalue weighted by atomic mass is 10.2. The first-order chi connectivity index (χ1) is 9.38. The summed E-state index contributed by atoms with van der Waals surface area (Å²) in [5, 5.41) is 20.7. The highest BCUT2D eigenvalue weighted by atomic mass is 32.2. The molecule has 0 aliphatic carbocycles. The number of aromatic carboxylic acids is 1. The topological polar surface area (TPSA) is 96.6 Å². The van der Waals surface area contributed by atoms with Gasteiger partial charge in [-0.25, -0.2) is 9.78 Å². The van der Waals surface area contributed by atoms with E-state index in [0.717, 1.165) is 6.07 Å². The Hall–Kier alpha value is -1.83. The van der Waals surface area contributed by atoms with Gasteiger partial charge in [0.2, 0.25) is 5.82 Å². The molecule has 1 aromatic rings. The number of carbonyl (C=O) groups is 1. The van der Waals surface area contributed by atoms with Crippen LogP contribution in [-0.4, -0.2) is 44.6 Å². The maximum absolute atomic E-state index is 11.1. The molecular weight excluding hydrogens is 282 g/mol. The quantitative estimate of drug-likeness (QED) is 0.673. The summed E-state index contributed by atoms with van der Waals surface area (Å²) in [5.74, 6) is -0.970. The van der Waals surface area contributed by atoms with Crippen LogP contribution in [0.4, 0.5) is 11.5 Å². The second kappa shape index (κ2) is 5.66. The van der Waals surface area contributed by atoms with Crippen LogP contribution in [0, 0.1) is 10.1 Å². The van der Waals surface area contributed by atoms with E-state index in [9.17, 15) is 14.9 Å². The highest BCUT2D eigenvalue weighted by Gasteiger charge is 2.29. The number of rotatable bonds is 3. The van der Waals surface area contributed by atoms with Crippen LogP contribution in [0.25, 0.3) is 0 Å². The number of carboxylic acids is 1. The lowest BCUT2D eigenvalue weighted by molar-refractivity contribution is -0.384. The van der Waals surface area contributed by atoms with Crippen LogP contribution in [0.1, 0.15) is 24.2 Å². The first kappa shape index (κ1) is 14.6. The molecule has 0 bridgehead atoms. The zero-order valence-corrected chi connectivity index (χ0v) is 12.0. The Bertz CT molecular complexity index is 542. The monoisotopic (exact) mass is 297 g/mol. The van der Waals surface area contributed by atoms with Gasteiger partial charge in [0.1, 0.15) is 0 Å². The molecule has 1 aromatic heterocycles. The zero-order valence-electron chi connectivity index (χ0n) is 11.1. The summed E-state index contributed by atoms with van der Waals surface area (Å²) >= 11 is 1.83. The van der Waals surface area contributed by atoms with Crippen LogP contribution in [0.2, 0.25) is 0 Å². The van der Waals surface area contributed by atoms with Gasteiger partial charge in [0.25, 0.3) is 0 Å². The Morgan fingerprint density at radius 2 is 2.10 bits per heavy atom. The van der Waals surface area contributed by atoms with Crippen molar-refractivity contribution in [1.29, 1.82) is 0 Å². The fraction of sp³-hybridized carbons (Fsp3) is 0.500. The van der Waals surface area contributed by atoms with Crippen molar-refractivity contribution in [3.8, 4) is 0 Å². The minimum atomic E-state index is -1.22. The van der Waals surface area contributed by atoms with Crippen molar-refractivity contribution in [2.75, 3.05) is 18.0 Å². The predicted octanol–water partition coefficient (Wildman–Crippen LogP) is 2.02. The van der Waals surface area contributed by atoms with Gasteiger partial charge in [0.15, 0.2) is 0 Å². The number of nitrogens with zero attached hydrogens (tertiary/aromatic N) is 3. The van der Waals surface area contributed by atoms with Crippen LogP contribution >= 0.6 is 11.8 Å². The van der Waals surface area contributed by atoms with E-state index in [2.05, 4.69) is 18.8 Å². The maximum atomic E-state index is 11.1. The van der Waals surface area contributed by atoms with Crippen molar-refractivity contribution in [3.63, 3.8) is 0 Å². The van der Waals surface area contributed by atoms with Gasteiger partial charge in [-0.3, -0.25) is 10.1 Å². The fourth-order valence-electron chi connectivity index (χ4n) is 2.29. The number of thioether (sulfide) groups is 1. The number of pyridine rings is 1. The first-order valence-corrected chi connectivity index (χ1v) is 7.11. The molecule has 1 saturated heterocycles. The molecule has 20 heavy (non-hydrogen) atoms. The van der Waals surface area contributed by atoms with Crippen LogP contribution < -0.4 is 4.90 Å². The van der Waals surface area contributed by atoms with Gasteiger partial charge >= 0.3 is 11.7 Å². The Morgan fingerprint density at radius 3 is 2.60 bits per heavy atom. The van der Waals surface area contributed by atoms with E-state index >= 15 is 0 Å². The van der Waals surface area contributed by atoms with E-state index < -0.39 is 10.9 Å². The molecule has 1 N–H and O–H groups in total. The van der Waals surface area contributed by atoms with Gasteiger partial charge in [-0.15, -0.1) is 0 Å². The summed E-state index contributed by atoms with van der Waals surface area (Å²) in [4.78, 5) is 27.3. The maximum Gasteiger partial charge on any atom is 0.337 e. The molecule has 7 nitrogen and oxygen atoms in total. The molecule has 1 aliphatic rings. The van der Waals surface area contributed by atoms with E-state index in [1.54, 1.807) is 0 Å². The second-order valence-corrected chi connectivity index (χ2v) is 6.67. The molecule has 0 saturated carbocycles. The predicted molar refractivity (Wildman–Crippen MR) is 76.6 cm³/mol. The standard InChI is InChI=1S/C12H15N3O4S/c1-7-5-14(6-8(2)20-7)11-10(15(18)19)3-9(4-13-11)12(16)17/h3-4,7-8H,5-6H2,1-2H3,(H,16,17). The van der Waals surface area contributed by atoms with Gasteiger partial charge in [-0.1, -0.05) is 13.8 Å². The van der Waals surface area contributed by atoms with Gasteiger partial charge in [0, 0.05) is 35.9 Å². The van der Waals surface area contributed by atoms with Gasteiger partial charge in [0.05, 0.1) is 10.5 Å². The number of aromatic nitrogens is 1. The van der Waals surface area contributed by atoms with Crippen LogP contribution in [0.3, 0.4) is 0 Å². The Balaban J connectivity index is 2.40. The zero-order chi connectivity index (χ0) is 14.9. The molecule has 1 fully saturated rings. The van der Waals surface area contributed by atoms with Crippen molar-refractivity contribution in [3.05, 3.63) is 27.9 Å². The van der Waals surface area contributed by atoms with Gasteiger partial charge in [-0.05, 0) is 0 Å². The van der Waals surface area contributed by atoms with E-state index in [4.69, 9.17) is 5.11 Å². The van der Waals surface area contributed by atoms with Crippen molar-refractivity contribution < 1.29 is 14.8 Å². The normalized spacial score (nSPS) is 22.6. The lowest BCUT2D eigenvalue weighted by Gasteiger charge is -2.35. The summed E-state index contributed by atoms with van der Waals surface area (Å²) in [7, 11) is 0. The molecule has 108 valence electrons. The summed E-state index contributed by atoms with van der Waals surface area (Å²) in [6, 6.07) is 1.07. The first-order valence-electron chi connectivity index (χ1n) is 6.16. The van der Waals surface area contributed by atoms with Gasteiger partial charge in [-0.2, -0.15) is 11.8 Å². The highest BCUT2D eigenvalue weighted by Crippen LogP contribution is 2.32. The number of nitro groups is 1. The van der Waals surface area contributed by atoms with Crippen molar-refractivity contribution in [2.45, 2.75) is 24.3 Å². The number of anilines is 1. The molecular formula is C12H15N3O4S. The fourth-order valence-corrected chi connectivity index (χ4v) is 3.62. The summed E-state index contributed by atoms with van der Waals surface area (Å²) < 4.78 is 0. The summed E-state index contributed by atoms with van der Waals surface area (Å²) in [6.45, 7) is 5.44. The number of hydrogen-bond donors (Lipinski definition) is 1. The molecule has 0 spiro atoms. The molecule has 2 unspecified atom stereocenters. The molecule has 0 amide bonds. The number of hydrogen-bond acceptors (Lipinski definition) is 6. The molecule has 2 atom stereocenters. The molecule has 2 heterocycles. The molecule has 8 heteroatoms. The van der Waals surface area contributed by atoms with Gasteiger partial charge < -0.3 is 10.0 Å². The van der Waals surface area contributed by atoms with Crippen molar-refractivity contribution in [1.82, 2.24) is 4.98 Å². The molecule has 0 aromatic carbocycles. The average molecular weight is 297 g/mol. The Labute approximate surface area is 120 Å².